The fourth-order valence-corrected chi connectivity index (χ4v) is 1.65. The van der Waals surface area contributed by atoms with E-state index in [1.165, 1.54) is 0 Å². The summed E-state index contributed by atoms with van der Waals surface area (Å²) >= 11 is 0. The van der Waals surface area contributed by atoms with E-state index in [1.807, 2.05) is 13.8 Å². The van der Waals surface area contributed by atoms with Gasteiger partial charge >= 0.3 is 0 Å². The van der Waals surface area contributed by atoms with E-state index in [4.69, 9.17) is 5.73 Å². The van der Waals surface area contributed by atoms with Crippen LogP contribution in [-0.2, 0) is 6.54 Å². The van der Waals surface area contributed by atoms with E-state index in [2.05, 4.69) is 24.1 Å². The van der Waals surface area contributed by atoms with Crippen LogP contribution < -0.4 is 16.6 Å². The van der Waals surface area contributed by atoms with Crippen molar-refractivity contribution in [3.63, 3.8) is 0 Å². The third kappa shape index (κ3) is 3.10. The number of hydrogen-bond donors (Lipinski definition) is 2. The fraction of sp³-hybridized carbons (Fsp3) is 0.692. The lowest BCUT2D eigenvalue weighted by Gasteiger charge is -2.33. The maximum atomic E-state index is 12.2. The number of hydrogen-bond acceptors (Lipinski definition) is 4. The third-order valence-electron chi connectivity index (χ3n) is 3.48. The van der Waals surface area contributed by atoms with Crippen molar-refractivity contribution in [1.29, 1.82) is 0 Å². The number of aryl methyl sites for hydroxylation is 1. The van der Waals surface area contributed by atoms with Gasteiger partial charge in [0.05, 0.1) is 5.54 Å². The van der Waals surface area contributed by atoms with Crippen LogP contribution in [0.3, 0.4) is 0 Å². The summed E-state index contributed by atoms with van der Waals surface area (Å²) in [5, 5.41) is 3.20. The van der Waals surface area contributed by atoms with E-state index < -0.39 is 0 Å². The molecule has 3 N–H and O–H groups in total. The molecule has 0 amide bonds. The summed E-state index contributed by atoms with van der Waals surface area (Å²) in [6, 6.07) is 0. The van der Waals surface area contributed by atoms with Gasteiger partial charge in [0.2, 0.25) is 0 Å². The molecule has 1 unspecified atom stereocenters. The molecule has 1 atom stereocenters. The van der Waals surface area contributed by atoms with E-state index >= 15 is 0 Å². The van der Waals surface area contributed by atoms with E-state index in [-0.39, 0.29) is 11.1 Å². The smallest absolute Gasteiger partial charge is 0.293 e. The molecule has 0 saturated carbocycles. The highest BCUT2D eigenvalue weighted by Crippen LogP contribution is 2.18. The van der Waals surface area contributed by atoms with Crippen molar-refractivity contribution >= 4 is 5.82 Å². The molecule has 5 nitrogen and oxygen atoms in total. The molecular formula is C13H24N4O. The molecule has 1 aromatic rings. The van der Waals surface area contributed by atoms with E-state index in [0.717, 1.165) is 6.42 Å². The van der Waals surface area contributed by atoms with Crippen LogP contribution in [0.25, 0.3) is 0 Å². The summed E-state index contributed by atoms with van der Waals surface area (Å²) < 4.78 is 1.67. The molecule has 1 heterocycles. The van der Waals surface area contributed by atoms with Crippen LogP contribution in [-0.4, -0.2) is 21.6 Å². The van der Waals surface area contributed by atoms with Crippen LogP contribution in [0.5, 0.6) is 0 Å². The Morgan fingerprint density at radius 2 is 2.22 bits per heavy atom. The van der Waals surface area contributed by atoms with E-state index in [1.54, 1.807) is 17.0 Å². The lowest BCUT2D eigenvalue weighted by Crippen LogP contribution is -2.48. The Kier molecular flexibility index (Phi) is 4.90. The first-order chi connectivity index (χ1) is 8.44. The molecule has 0 aliphatic rings. The van der Waals surface area contributed by atoms with Crippen LogP contribution >= 0.6 is 0 Å². The molecule has 102 valence electrons. The van der Waals surface area contributed by atoms with Gasteiger partial charge in [-0.15, -0.1) is 0 Å². The zero-order valence-electron chi connectivity index (χ0n) is 11.7. The van der Waals surface area contributed by atoms with Gasteiger partial charge in [0.25, 0.3) is 5.56 Å². The quantitative estimate of drug-likeness (QED) is 0.803. The molecule has 18 heavy (non-hydrogen) atoms. The van der Waals surface area contributed by atoms with Gasteiger partial charge in [-0.3, -0.25) is 4.79 Å². The SMILES string of the molecule is CCCn1ccnc(NC(C)(CN)C(C)C)c1=O. The largest absolute Gasteiger partial charge is 0.359 e. The van der Waals surface area contributed by atoms with Gasteiger partial charge in [0.15, 0.2) is 5.82 Å². The Balaban J connectivity index is 3.04. The molecule has 0 aliphatic heterocycles. The summed E-state index contributed by atoms with van der Waals surface area (Å²) in [5.41, 5.74) is 5.40. The first-order valence-corrected chi connectivity index (χ1v) is 6.48. The minimum absolute atomic E-state index is 0.0836. The van der Waals surface area contributed by atoms with Crippen molar-refractivity contribution in [1.82, 2.24) is 9.55 Å². The van der Waals surface area contributed by atoms with Gasteiger partial charge in [-0.1, -0.05) is 20.8 Å². The van der Waals surface area contributed by atoms with E-state index in [0.29, 0.717) is 24.8 Å². The molecule has 0 radical (unpaired) electrons. The second-order valence-electron chi connectivity index (χ2n) is 5.18. The Hall–Kier alpha value is -1.36. The van der Waals surface area contributed by atoms with Crippen molar-refractivity contribution in [3.8, 4) is 0 Å². The predicted molar refractivity (Wildman–Crippen MR) is 74.7 cm³/mol. The topological polar surface area (TPSA) is 72.9 Å². The highest BCUT2D eigenvalue weighted by molar-refractivity contribution is 5.35. The number of anilines is 1. The number of nitrogens with zero attached hydrogens (tertiary/aromatic N) is 2. The first kappa shape index (κ1) is 14.7. The van der Waals surface area contributed by atoms with Crippen molar-refractivity contribution < 1.29 is 0 Å². The van der Waals surface area contributed by atoms with E-state index in [9.17, 15) is 4.79 Å². The van der Waals surface area contributed by atoms with Gasteiger partial charge in [-0.2, -0.15) is 0 Å². The van der Waals surface area contributed by atoms with Crippen LogP contribution in [0.4, 0.5) is 5.82 Å². The third-order valence-corrected chi connectivity index (χ3v) is 3.48. The molecule has 0 fully saturated rings. The zero-order valence-corrected chi connectivity index (χ0v) is 11.7. The molecular weight excluding hydrogens is 228 g/mol. The lowest BCUT2D eigenvalue weighted by molar-refractivity contribution is 0.380. The Morgan fingerprint density at radius 3 is 2.72 bits per heavy atom. The van der Waals surface area contributed by atoms with Crippen LogP contribution in [0, 0.1) is 5.92 Å². The summed E-state index contributed by atoms with van der Waals surface area (Å²) in [5.74, 6) is 0.691. The number of aromatic nitrogens is 2. The Bertz CT molecular complexity index is 441. The number of rotatable bonds is 6. The highest BCUT2D eigenvalue weighted by atomic mass is 16.1. The summed E-state index contributed by atoms with van der Waals surface area (Å²) in [6.45, 7) is 9.36. The standard InChI is InChI=1S/C13H24N4O/c1-5-7-17-8-6-15-11(12(17)18)16-13(4,9-14)10(2)3/h6,8,10H,5,7,9,14H2,1-4H3,(H,15,16). The van der Waals surface area contributed by atoms with Crippen molar-refractivity contribution in [2.24, 2.45) is 11.7 Å². The normalized spacial score (nSPS) is 14.6. The monoisotopic (exact) mass is 252 g/mol. The van der Waals surface area contributed by atoms with Gasteiger partial charge in [-0.25, -0.2) is 4.98 Å². The molecule has 5 heteroatoms. The van der Waals surface area contributed by atoms with Crippen molar-refractivity contribution in [3.05, 3.63) is 22.7 Å². The van der Waals surface area contributed by atoms with Gasteiger partial charge in [0.1, 0.15) is 0 Å². The van der Waals surface area contributed by atoms with Crippen molar-refractivity contribution in [2.45, 2.75) is 46.2 Å². The molecule has 0 aliphatic carbocycles. The van der Waals surface area contributed by atoms with Gasteiger partial charge in [0, 0.05) is 25.5 Å². The minimum Gasteiger partial charge on any atom is -0.359 e. The fourth-order valence-electron chi connectivity index (χ4n) is 1.65. The molecule has 0 bridgehead atoms. The number of nitrogens with one attached hydrogen (secondary N) is 1. The highest BCUT2D eigenvalue weighted by Gasteiger charge is 2.27. The summed E-state index contributed by atoms with van der Waals surface area (Å²) in [7, 11) is 0. The second-order valence-corrected chi connectivity index (χ2v) is 5.18. The Labute approximate surface area is 108 Å². The maximum Gasteiger partial charge on any atom is 0.293 e. The van der Waals surface area contributed by atoms with Crippen LogP contribution in [0.2, 0.25) is 0 Å². The second kappa shape index (κ2) is 6.00. The zero-order chi connectivity index (χ0) is 13.8. The molecule has 0 spiro atoms. The Morgan fingerprint density at radius 1 is 1.56 bits per heavy atom. The van der Waals surface area contributed by atoms with Gasteiger partial charge in [-0.05, 0) is 19.3 Å². The van der Waals surface area contributed by atoms with Crippen molar-refractivity contribution in [2.75, 3.05) is 11.9 Å². The number of nitrogens with two attached hydrogens (primary N) is 1. The maximum absolute atomic E-state index is 12.2. The summed E-state index contributed by atoms with van der Waals surface area (Å²) in [6.07, 6.45) is 4.28. The average Bonchev–Trinajstić information content (AvgIpc) is 2.34. The predicted octanol–water partition coefficient (Wildman–Crippen LogP) is 1.44. The molecule has 0 aromatic carbocycles. The van der Waals surface area contributed by atoms with Crippen LogP contribution in [0.15, 0.2) is 17.2 Å². The molecule has 0 saturated heterocycles. The van der Waals surface area contributed by atoms with Gasteiger partial charge < -0.3 is 15.6 Å². The average molecular weight is 252 g/mol. The summed E-state index contributed by atoms with van der Waals surface area (Å²) in [4.78, 5) is 16.3. The molecule has 1 rings (SSSR count). The first-order valence-electron chi connectivity index (χ1n) is 6.48. The lowest BCUT2D eigenvalue weighted by atomic mass is 9.88. The molecule has 1 aromatic heterocycles. The van der Waals surface area contributed by atoms with Crippen LogP contribution in [0.1, 0.15) is 34.1 Å². The minimum atomic E-state index is -0.322.